The zero-order valence-corrected chi connectivity index (χ0v) is 9.81. The molecular formula is C10H18F3N3O. The molecule has 100 valence electrons. The van der Waals surface area contributed by atoms with Crippen LogP contribution in [-0.4, -0.2) is 43.3 Å². The number of nitrogens with two attached hydrogens (primary N) is 1. The van der Waals surface area contributed by atoms with Crippen LogP contribution in [0.5, 0.6) is 0 Å². The average molecular weight is 253 g/mol. The normalized spacial score (nSPS) is 21.4. The molecule has 1 saturated heterocycles. The molecular weight excluding hydrogens is 235 g/mol. The summed E-state index contributed by atoms with van der Waals surface area (Å²) < 4.78 is 39.0. The van der Waals surface area contributed by atoms with Crippen molar-refractivity contribution in [1.82, 2.24) is 4.90 Å². The summed E-state index contributed by atoms with van der Waals surface area (Å²) in [7, 11) is 0. The molecule has 1 aliphatic heterocycles. The van der Waals surface area contributed by atoms with E-state index in [-0.39, 0.29) is 24.4 Å². The lowest BCUT2D eigenvalue weighted by Gasteiger charge is -2.38. The van der Waals surface area contributed by atoms with E-state index < -0.39 is 6.36 Å². The van der Waals surface area contributed by atoms with E-state index >= 15 is 0 Å². The molecule has 4 nitrogen and oxygen atoms in total. The summed E-state index contributed by atoms with van der Waals surface area (Å²) in [6.45, 7) is 3.13. The molecule has 0 aliphatic carbocycles. The van der Waals surface area contributed by atoms with Crippen molar-refractivity contribution in [1.29, 1.82) is 5.41 Å². The van der Waals surface area contributed by atoms with Gasteiger partial charge in [-0.1, -0.05) is 6.92 Å². The van der Waals surface area contributed by atoms with Crippen molar-refractivity contribution in [2.24, 2.45) is 11.1 Å². The molecule has 0 amide bonds. The van der Waals surface area contributed by atoms with E-state index in [2.05, 4.69) is 4.74 Å². The van der Waals surface area contributed by atoms with Gasteiger partial charge in [-0.2, -0.15) is 0 Å². The van der Waals surface area contributed by atoms with Gasteiger partial charge < -0.3 is 10.6 Å². The summed E-state index contributed by atoms with van der Waals surface area (Å²) in [4.78, 5) is 1.90. The molecule has 0 spiro atoms. The van der Waals surface area contributed by atoms with Crippen molar-refractivity contribution in [3.8, 4) is 0 Å². The van der Waals surface area contributed by atoms with Gasteiger partial charge >= 0.3 is 6.36 Å². The van der Waals surface area contributed by atoms with E-state index in [9.17, 15) is 13.2 Å². The Morgan fingerprint density at radius 2 is 1.94 bits per heavy atom. The van der Waals surface area contributed by atoms with Gasteiger partial charge in [0.1, 0.15) is 0 Å². The predicted molar refractivity (Wildman–Crippen MR) is 57.7 cm³/mol. The van der Waals surface area contributed by atoms with Crippen LogP contribution in [0.25, 0.3) is 0 Å². The van der Waals surface area contributed by atoms with E-state index in [0.29, 0.717) is 25.9 Å². The quantitative estimate of drug-likeness (QED) is 0.590. The number of ether oxygens (including phenoxy) is 1. The number of hydrogen-bond acceptors (Lipinski definition) is 3. The zero-order chi connectivity index (χ0) is 13.1. The van der Waals surface area contributed by atoms with E-state index in [4.69, 9.17) is 11.1 Å². The number of halogens is 3. The molecule has 0 unspecified atom stereocenters. The molecule has 1 aliphatic rings. The fraction of sp³-hybridized carbons (Fsp3) is 0.900. The second-order valence-corrected chi connectivity index (χ2v) is 4.61. The van der Waals surface area contributed by atoms with E-state index in [1.807, 2.05) is 11.8 Å². The highest BCUT2D eigenvalue weighted by molar-refractivity contribution is 5.83. The number of rotatable bonds is 4. The van der Waals surface area contributed by atoms with Crippen LogP contribution in [0.3, 0.4) is 0 Å². The summed E-state index contributed by atoms with van der Waals surface area (Å²) in [5, 5.41) is 7.46. The summed E-state index contributed by atoms with van der Waals surface area (Å²) in [6.07, 6.45) is -3.15. The van der Waals surface area contributed by atoms with Crippen molar-refractivity contribution in [3.63, 3.8) is 0 Å². The minimum atomic E-state index is -4.55. The van der Waals surface area contributed by atoms with Gasteiger partial charge in [0, 0.05) is 12.0 Å². The minimum Gasteiger partial charge on any atom is -0.387 e. The standard InChI is InChI=1S/C10H18F3N3O/c1-9(8(14)15)2-4-16(5-3-9)6-7-17-10(11,12)13/h2-7H2,1H3,(H3,14,15). The van der Waals surface area contributed by atoms with Crippen LogP contribution in [0, 0.1) is 10.8 Å². The van der Waals surface area contributed by atoms with Crippen molar-refractivity contribution in [3.05, 3.63) is 0 Å². The van der Waals surface area contributed by atoms with E-state index in [1.165, 1.54) is 0 Å². The Hall–Kier alpha value is -0.820. The number of alkyl halides is 3. The third-order valence-electron chi connectivity index (χ3n) is 3.28. The molecule has 1 rings (SSSR count). The van der Waals surface area contributed by atoms with Crippen molar-refractivity contribution >= 4 is 5.84 Å². The smallest absolute Gasteiger partial charge is 0.387 e. The van der Waals surface area contributed by atoms with Crippen LogP contribution in [0.2, 0.25) is 0 Å². The van der Waals surface area contributed by atoms with Crippen LogP contribution >= 0.6 is 0 Å². The molecule has 17 heavy (non-hydrogen) atoms. The van der Waals surface area contributed by atoms with Crippen molar-refractivity contribution in [2.45, 2.75) is 26.1 Å². The maximum Gasteiger partial charge on any atom is 0.522 e. The molecule has 0 aromatic rings. The first-order valence-electron chi connectivity index (χ1n) is 5.50. The highest BCUT2D eigenvalue weighted by Crippen LogP contribution is 2.30. The number of piperidine rings is 1. The second-order valence-electron chi connectivity index (χ2n) is 4.61. The molecule has 0 bridgehead atoms. The summed E-state index contributed by atoms with van der Waals surface area (Å²) in [5.41, 5.74) is 5.19. The number of hydrogen-bond donors (Lipinski definition) is 2. The van der Waals surface area contributed by atoms with Crippen molar-refractivity contribution in [2.75, 3.05) is 26.2 Å². The maximum atomic E-state index is 11.8. The van der Waals surface area contributed by atoms with Gasteiger partial charge in [-0.05, 0) is 25.9 Å². The van der Waals surface area contributed by atoms with Crippen LogP contribution < -0.4 is 5.73 Å². The fourth-order valence-electron chi connectivity index (χ4n) is 1.83. The van der Waals surface area contributed by atoms with Crippen LogP contribution in [0.4, 0.5) is 13.2 Å². The number of likely N-dealkylation sites (tertiary alicyclic amines) is 1. The van der Waals surface area contributed by atoms with Gasteiger partial charge in [0.2, 0.25) is 0 Å². The molecule has 3 N–H and O–H groups in total. The number of amidine groups is 1. The first kappa shape index (κ1) is 14.2. The monoisotopic (exact) mass is 253 g/mol. The van der Waals surface area contributed by atoms with Gasteiger partial charge in [-0.3, -0.25) is 10.1 Å². The highest BCUT2D eigenvalue weighted by Gasteiger charge is 2.33. The Morgan fingerprint density at radius 1 is 1.41 bits per heavy atom. The van der Waals surface area contributed by atoms with Gasteiger partial charge in [-0.15, -0.1) is 13.2 Å². The minimum absolute atomic E-state index is 0.156. The summed E-state index contributed by atoms with van der Waals surface area (Å²) >= 11 is 0. The lowest BCUT2D eigenvalue weighted by molar-refractivity contribution is -0.325. The van der Waals surface area contributed by atoms with Gasteiger partial charge in [0.25, 0.3) is 0 Å². The average Bonchev–Trinajstić information content (AvgIpc) is 2.19. The zero-order valence-electron chi connectivity index (χ0n) is 9.81. The van der Waals surface area contributed by atoms with Gasteiger partial charge in [0.15, 0.2) is 0 Å². The van der Waals surface area contributed by atoms with Gasteiger partial charge in [0.05, 0.1) is 12.4 Å². The predicted octanol–water partition coefficient (Wildman–Crippen LogP) is 1.56. The molecule has 1 fully saturated rings. The number of nitrogens with one attached hydrogen (secondary N) is 1. The first-order valence-corrected chi connectivity index (χ1v) is 5.50. The van der Waals surface area contributed by atoms with E-state index in [0.717, 1.165) is 0 Å². The molecule has 1 heterocycles. The molecule has 7 heteroatoms. The highest BCUT2D eigenvalue weighted by atomic mass is 19.4. The van der Waals surface area contributed by atoms with E-state index in [1.54, 1.807) is 0 Å². The molecule has 0 aromatic heterocycles. The number of nitrogens with zero attached hydrogens (tertiary/aromatic N) is 1. The largest absolute Gasteiger partial charge is 0.522 e. The summed E-state index contributed by atoms with van der Waals surface area (Å²) in [5.74, 6) is 0.156. The Bertz CT molecular complexity index is 272. The Labute approximate surface area is 98.4 Å². The Kier molecular flexibility index (Phi) is 4.37. The second kappa shape index (κ2) is 5.22. The summed E-state index contributed by atoms with van der Waals surface area (Å²) in [6, 6.07) is 0. The maximum absolute atomic E-state index is 11.8. The topological polar surface area (TPSA) is 62.3 Å². The fourth-order valence-corrected chi connectivity index (χ4v) is 1.83. The third-order valence-corrected chi connectivity index (χ3v) is 3.28. The van der Waals surface area contributed by atoms with Crippen molar-refractivity contribution < 1.29 is 17.9 Å². The first-order chi connectivity index (χ1) is 7.73. The molecule has 0 saturated carbocycles. The van der Waals surface area contributed by atoms with Gasteiger partial charge in [-0.25, -0.2) is 0 Å². The molecule has 0 aromatic carbocycles. The third kappa shape index (κ3) is 4.51. The van der Waals surface area contributed by atoms with Crippen LogP contribution in [0.1, 0.15) is 19.8 Å². The molecule has 0 atom stereocenters. The van der Waals surface area contributed by atoms with Crippen LogP contribution in [-0.2, 0) is 4.74 Å². The Balaban J connectivity index is 2.26. The lowest BCUT2D eigenvalue weighted by Crippen LogP contribution is -2.46. The Morgan fingerprint density at radius 3 is 2.35 bits per heavy atom. The SMILES string of the molecule is CC1(C(=N)N)CCN(CCOC(F)(F)F)CC1. The lowest BCUT2D eigenvalue weighted by atomic mass is 9.79. The molecule has 0 radical (unpaired) electrons. The van der Waals surface area contributed by atoms with Crippen LogP contribution in [0.15, 0.2) is 0 Å².